The van der Waals surface area contributed by atoms with Crippen LogP contribution in [0.1, 0.15) is 30.2 Å². The predicted octanol–water partition coefficient (Wildman–Crippen LogP) is 2.61. The standard InChI is InChI=1S/C15H19ClN4O/c16-13-5-3-11(4-6-13)12-2-1-9-20(10-12)15-19-18-14(21-15)7-8-17/h3-6,12H,1-2,7-10,17H2. The average molecular weight is 307 g/mol. The number of aromatic nitrogens is 2. The van der Waals surface area contributed by atoms with E-state index in [1.165, 1.54) is 12.0 Å². The zero-order valence-corrected chi connectivity index (χ0v) is 12.6. The van der Waals surface area contributed by atoms with Crippen molar-refractivity contribution < 1.29 is 4.42 Å². The van der Waals surface area contributed by atoms with Gasteiger partial charge in [-0.1, -0.05) is 28.8 Å². The van der Waals surface area contributed by atoms with Crippen LogP contribution in [-0.4, -0.2) is 29.8 Å². The molecule has 6 heteroatoms. The van der Waals surface area contributed by atoms with E-state index in [2.05, 4.69) is 27.2 Å². The van der Waals surface area contributed by atoms with Crippen LogP contribution >= 0.6 is 11.6 Å². The van der Waals surface area contributed by atoms with Gasteiger partial charge in [-0.05, 0) is 30.5 Å². The minimum Gasteiger partial charge on any atom is -0.408 e. The summed E-state index contributed by atoms with van der Waals surface area (Å²) >= 11 is 5.95. The van der Waals surface area contributed by atoms with Crippen molar-refractivity contribution in [2.45, 2.75) is 25.2 Å². The highest BCUT2D eigenvalue weighted by Crippen LogP contribution is 2.30. The van der Waals surface area contributed by atoms with Crippen LogP contribution in [0.15, 0.2) is 28.7 Å². The van der Waals surface area contributed by atoms with E-state index in [4.69, 9.17) is 21.8 Å². The van der Waals surface area contributed by atoms with Gasteiger partial charge in [0.05, 0.1) is 0 Å². The van der Waals surface area contributed by atoms with Gasteiger partial charge in [0, 0.05) is 37.0 Å². The van der Waals surface area contributed by atoms with Gasteiger partial charge in [0.1, 0.15) is 0 Å². The Morgan fingerprint density at radius 2 is 2.10 bits per heavy atom. The number of rotatable bonds is 4. The third-order valence-corrected chi connectivity index (χ3v) is 4.10. The van der Waals surface area contributed by atoms with Crippen molar-refractivity contribution in [2.75, 3.05) is 24.5 Å². The lowest BCUT2D eigenvalue weighted by atomic mass is 9.91. The number of nitrogens with zero attached hydrogens (tertiary/aromatic N) is 3. The number of anilines is 1. The second-order valence-corrected chi connectivity index (χ2v) is 5.79. The molecule has 21 heavy (non-hydrogen) atoms. The normalized spacial score (nSPS) is 19.0. The first-order valence-electron chi connectivity index (χ1n) is 7.29. The average Bonchev–Trinajstić information content (AvgIpc) is 2.97. The monoisotopic (exact) mass is 306 g/mol. The molecule has 0 bridgehead atoms. The van der Waals surface area contributed by atoms with Gasteiger partial charge < -0.3 is 15.1 Å². The number of piperidine rings is 1. The predicted molar refractivity (Wildman–Crippen MR) is 82.7 cm³/mol. The molecular formula is C15H19ClN4O. The van der Waals surface area contributed by atoms with E-state index in [1.54, 1.807) is 0 Å². The lowest BCUT2D eigenvalue weighted by Gasteiger charge is -2.31. The first kappa shape index (κ1) is 14.4. The number of halogens is 1. The molecule has 1 unspecified atom stereocenters. The Labute approximate surface area is 129 Å². The van der Waals surface area contributed by atoms with Crippen LogP contribution in [0.2, 0.25) is 5.02 Å². The summed E-state index contributed by atoms with van der Waals surface area (Å²) in [7, 11) is 0. The minimum absolute atomic E-state index is 0.473. The fourth-order valence-corrected chi connectivity index (χ4v) is 2.88. The van der Waals surface area contributed by atoms with E-state index in [0.717, 1.165) is 24.5 Å². The fourth-order valence-electron chi connectivity index (χ4n) is 2.75. The molecule has 1 aliphatic heterocycles. The summed E-state index contributed by atoms with van der Waals surface area (Å²) in [5.41, 5.74) is 6.82. The largest absolute Gasteiger partial charge is 0.408 e. The van der Waals surface area contributed by atoms with Crippen LogP contribution in [0, 0.1) is 0 Å². The highest BCUT2D eigenvalue weighted by Gasteiger charge is 2.24. The zero-order chi connectivity index (χ0) is 14.7. The van der Waals surface area contributed by atoms with E-state index in [-0.39, 0.29) is 0 Å². The van der Waals surface area contributed by atoms with Crippen LogP contribution in [0.3, 0.4) is 0 Å². The number of hydrogen-bond donors (Lipinski definition) is 1. The maximum atomic E-state index is 5.95. The molecule has 3 rings (SSSR count). The summed E-state index contributed by atoms with van der Waals surface area (Å²) in [6.07, 6.45) is 2.91. The molecule has 5 nitrogen and oxygen atoms in total. The molecule has 0 spiro atoms. The molecule has 0 amide bonds. The van der Waals surface area contributed by atoms with E-state index >= 15 is 0 Å². The Hall–Kier alpha value is -1.59. The van der Waals surface area contributed by atoms with Gasteiger partial charge in [0.2, 0.25) is 5.89 Å². The molecule has 1 aromatic carbocycles. The Morgan fingerprint density at radius 3 is 2.86 bits per heavy atom. The summed E-state index contributed by atoms with van der Waals surface area (Å²) < 4.78 is 5.67. The van der Waals surface area contributed by atoms with Gasteiger partial charge >= 0.3 is 6.01 Å². The van der Waals surface area contributed by atoms with Crippen LogP contribution in [0.25, 0.3) is 0 Å². The molecule has 0 aliphatic carbocycles. The highest BCUT2D eigenvalue weighted by molar-refractivity contribution is 6.30. The third-order valence-electron chi connectivity index (χ3n) is 3.85. The van der Waals surface area contributed by atoms with Crippen molar-refractivity contribution >= 4 is 17.6 Å². The zero-order valence-electron chi connectivity index (χ0n) is 11.8. The minimum atomic E-state index is 0.473. The van der Waals surface area contributed by atoms with Crippen LogP contribution < -0.4 is 10.6 Å². The molecule has 0 radical (unpaired) electrons. The van der Waals surface area contributed by atoms with E-state index in [0.29, 0.717) is 30.8 Å². The van der Waals surface area contributed by atoms with Crippen LogP contribution in [0.5, 0.6) is 0 Å². The summed E-state index contributed by atoms with van der Waals surface area (Å²) in [6.45, 7) is 2.37. The Balaban J connectivity index is 1.71. The number of nitrogens with two attached hydrogens (primary N) is 1. The fraction of sp³-hybridized carbons (Fsp3) is 0.467. The smallest absolute Gasteiger partial charge is 0.318 e. The molecule has 1 aromatic heterocycles. The van der Waals surface area contributed by atoms with Crippen molar-refractivity contribution in [1.82, 2.24) is 10.2 Å². The van der Waals surface area contributed by atoms with E-state index in [1.807, 2.05) is 12.1 Å². The summed E-state index contributed by atoms with van der Waals surface area (Å²) in [5.74, 6) is 1.09. The van der Waals surface area contributed by atoms with Crippen molar-refractivity contribution in [3.8, 4) is 0 Å². The van der Waals surface area contributed by atoms with Crippen molar-refractivity contribution in [3.05, 3.63) is 40.7 Å². The molecule has 1 atom stereocenters. The third kappa shape index (κ3) is 3.36. The van der Waals surface area contributed by atoms with Crippen LogP contribution in [0.4, 0.5) is 6.01 Å². The van der Waals surface area contributed by atoms with Gasteiger partial charge in [-0.25, -0.2) is 0 Å². The van der Waals surface area contributed by atoms with Gasteiger partial charge in [-0.15, -0.1) is 5.10 Å². The molecule has 112 valence electrons. The molecule has 1 fully saturated rings. The van der Waals surface area contributed by atoms with Gasteiger partial charge in [-0.3, -0.25) is 0 Å². The molecule has 2 N–H and O–H groups in total. The molecule has 0 saturated carbocycles. The summed E-state index contributed by atoms with van der Waals surface area (Å²) in [4.78, 5) is 2.16. The Morgan fingerprint density at radius 1 is 1.29 bits per heavy atom. The van der Waals surface area contributed by atoms with Gasteiger partial charge in [0.15, 0.2) is 0 Å². The number of hydrogen-bond acceptors (Lipinski definition) is 5. The Bertz CT molecular complexity index is 584. The van der Waals surface area contributed by atoms with Crippen LogP contribution in [-0.2, 0) is 6.42 Å². The quantitative estimate of drug-likeness (QED) is 0.940. The van der Waals surface area contributed by atoms with E-state index in [9.17, 15) is 0 Å². The van der Waals surface area contributed by atoms with Crippen molar-refractivity contribution in [2.24, 2.45) is 5.73 Å². The maximum Gasteiger partial charge on any atom is 0.318 e. The first-order valence-corrected chi connectivity index (χ1v) is 7.67. The molecule has 2 heterocycles. The second-order valence-electron chi connectivity index (χ2n) is 5.35. The second kappa shape index (κ2) is 6.45. The summed E-state index contributed by atoms with van der Waals surface area (Å²) in [6, 6.07) is 8.70. The van der Waals surface area contributed by atoms with Gasteiger partial charge in [0.25, 0.3) is 0 Å². The number of benzene rings is 1. The maximum absolute atomic E-state index is 5.95. The lowest BCUT2D eigenvalue weighted by Crippen LogP contribution is -2.34. The van der Waals surface area contributed by atoms with E-state index < -0.39 is 0 Å². The molecule has 1 aliphatic rings. The topological polar surface area (TPSA) is 68.2 Å². The van der Waals surface area contributed by atoms with Crippen molar-refractivity contribution in [1.29, 1.82) is 0 Å². The molecule has 1 saturated heterocycles. The highest BCUT2D eigenvalue weighted by atomic mass is 35.5. The van der Waals surface area contributed by atoms with Gasteiger partial charge in [-0.2, -0.15) is 0 Å². The lowest BCUT2D eigenvalue weighted by molar-refractivity contribution is 0.441. The SMILES string of the molecule is NCCc1nnc(N2CCCC(c3ccc(Cl)cc3)C2)o1. The van der Waals surface area contributed by atoms with Crippen molar-refractivity contribution in [3.63, 3.8) is 0 Å². The summed E-state index contributed by atoms with van der Waals surface area (Å²) in [5, 5.41) is 8.94. The Kier molecular flexibility index (Phi) is 4.41. The first-order chi connectivity index (χ1) is 10.3. The molecule has 2 aromatic rings. The molecular weight excluding hydrogens is 288 g/mol.